The number of carboxylic acid groups (broad SMARTS) is 1. The van der Waals surface area contributed by atoms with E-state index in [2.05, 4.69) is 27.7 Å². The Morgan fingerprint density at radius 1 is 1.12 bits per heavy atom. The molecular formula is C22H31FO3. The van der Waals surface area contributed by atoms with Crippen molar-refractivity contribution in [1.29, 1.82) is 0 Å². The van der Waals surface area contributed by atoms with Gasteiger partial charge in [0.2, 0.25) is 5.83 Å². The number of rotatable bonds is 6. The third-order valence-corrected chi connectivity index (χ3v) is 5.55. The first-order valence-electron chi connectivity index (χ1n) is 9.49. The van der Waals surface area contributed by atoms with E-state index in [-0.39, 0.29) is 16.4 Å². The van der Waals surface area contributed by atoms with Crippen molar-refractivity contribution in [2.24, 2.45) is 0 Å². The summed E-state index contributed by atoms with van der Waals surface area (Å²) in [5.74, 6) is -2.04. The Hall–Kier alpha value is -1.84. The van der Waals surface area contributed by atoms with E-state index in [4.69, 9.17) is 9.84 Å². The number of benzene rings is 1. The number of carboxylic acids is 1. The van der Waals surface area contributed by atoms with E-state index >= 15 is 0 Å². The van der Waals surface area contributed by atoms with Crippen LogP contribution in [0.2, 0.25) is 0 Å². The number of halogens is 1. The van der Waals surface area contributed by atoms with E-state index in [0.29, 0.717) is 24.3 Å². The van der Waals surface area contributed by atoms with Crippen LogP contribution in [-0.2, 0) is 15.6 Å². The van der Waals surface area contributed by atoms with E-state index in [1.165, 1.54) is 5.56 Å². The quantitative estimate of drug-likeness (QED) is 0.631. The molecule has 1 aromatic rings. The Morgan fingerprint density at radius 2 is 1.65 bits per heavy atom. The van der Waals surface area contributed by atoms with Gasteiger partial charge in [0.1, 0.15) is 5.75 Å². The van der Waals surface area contributed by atoms with Crippen LogP contribution in [0.1, 0.15) is 83.9 Å². The molecule has 0 aliphatic heterocycles. The van der Waals surface area contributed by atoms with Crippen LogP contribution in [0.4, 0.5) is 4.39 Å². The summed E-state index contributed by atoms with van der Waals surface area (Å²) >= 11 is 0. The molecule has 26 heavy (non-hydrogen) atoms. The third-order valence-electron chi connectivity index (χ3n) is 5.55. The molecule has 1 N–H and O–H groups in total. The number of hydrogen-bond acceptors (Lipinski definition) is 2. The molecule has 1 aromatic carbocycles. The molecule has 0 saturated carbocycles. The molecule has 0 spiro atoms. The summed E-state index contributed by atoms with van der Waals surface area (Å²) < 4.78 is 20.3. The van der Waals surface area contributed by atoms with Crippen molar-refractivity contribution in [2.75, 3.05) is 6.61 Å². The molecular weight excluding hydrogens is 331 g/mol. The molecule has 144 valence electrons. The number of allylic oxidation sites excluding steroid dienone is 1. The van der Waals surface area contributed by atoms with E-state index in [1.54, 1.807) is 6.92 Å². The van der Waals surface area contributed by atoms with E-state index < -0.39 is 11.8 Å². The van der Waals surface area contributed by atoms with Crippen LogP contribution in [0.5, 0.6) is 5.75 Å². The molecule has 0 heterocycles. The SMILES string of the molecule is CCCOc1cc2c(cc1/C(CC)=C(/F)C(=O)O)C(C)(C)CCC2(C)C. The van der Waals surface area contributed by atoms with Gasteiger partial charge in [-0.25, -0.2) is 4.79 Å². The fraction of sp³-hybridized carbons (Fsp3) is 0.591. The van der Waals surface area contributed by atoms with Gasteiger partial charge in [-0.2, -0.15) is 4.39 Å². The Balaban J connectivity index is 2.79. The van der Waals surface area contributed by atoms with Crippen LogP contribution >= 0.6 is 0 Å². The van der Waals surface area contributed by atoms with E-state index in [9.17, 15) is 9.18 Å². The highest BCUT2D eigenvalue weighted by molar-refractivity contribution is 5.95. The maximum absolute atomic E-state index is 14.4. The van der Waals surface area contributed by atoms with Crippen molar-refractivity contribution in [2.45, 2.75) is 78.1 Å². The fourth-order valence-corrected chi connectivity index (χ4v) is 3.75. The highest BCUT2D eigenvalue weighted by Crippen LogP contribution is 2.49. The molecule has 1 aliphatic rings. The average Bonchev–Trinajstić information content (AvgIpc) is 2.57. The lowest BCUT2D eigenvalue weighted by atomic mass is 9.62. The number of aliphatic carboxylic acids is 1. The second-order valence-corrected chi connectivity index (χ2v) is 8.46. The highest BCUT2D eigenvalue weighted by atomic mass is 19.1. The summed E-state index contributed by atoms with van der Waals surface area (Å²) in [6.45, 7) is 13.1. The van der Waals surface area contributed by atoms with Gasteiger partial charge < -0.3 is 9.84 Å². The standard InChI is InChI=1S/C22H31FO3/c1-7-11-26-18-13-17-16(21(3,4)9-10-22(17,5)6)12-15(18)14(8-2)19(23)20(24)25/h12-13H,7-11H2,1-6H3,(H,24,25)/b19-14+. The van der Waals surface area contributed by atoms with Crippen LogP contribution < -0.4 is 4.74 Å². The first-order valence-corrected chi connectivity index (χ1v) is 9.49. The minimum absolute atomic E-state index is 0.00907. The third kappa shape index (κ3) is 3.79. The summed E-state index contributed by atoms with van der Waals surface area (Å²) in [7, 11) is 0. The van der Waals surface area contributed by atoms with Gasteiger partial charge in [0.05, 0.1) is 6.61 Å². The molecule has 0 atom stereocenters. The summed E-state index contributed by atoms with van der Waals surface area (Å²) in [4.78, 5) is 11.2. The molecule has 0 aromatic heterocycles. The van der Waals surface area contributed by atoms with Gasteiger partial charge in [-0.3, -0.25) is 0 Å². The molecule has 1 aliphatic carbocycles. The van der Waals surface area contributed by atoms with Crippen molar-refractivity contribution >= 4 is 11.5 Å². The predicted octanol–water partition coefficient (Wildman–Crippen LogP) is 6.00. The first-order chi connectivity index (χ1) is 12.0. The summed E-state index contributed by atoms with van der Waals surface area (Å²) in [6.07, 6.45) is 3.23. The largest absolute Gasteiger partial charge is 0.493 e. The monoisotopic (exact) mass is 362 g/mol. The van der Waals surface area contributed by atoms with Crippen LogP contribution in [0.15, 0.2) is 18.0 Å². The van der Waals surface area contributed by atoms with Gasteiger partial charge in [-0.15, -0.1) is 0 Å². The molecule has 4 heteroatoms. The Morgan fingerprint density at radius 3 is 2.12 bits per heavy atom. The van der Waals surface area contributed by atoms with Crippen molar-refractivity contribution in [1.82, 2.24) is 0 Å². The average molecular weight is 362 g/mol. The summed E-state index contributed by atoms with van der Waals surface area (Å²) in [5, 5.41) is 9.16. The molecule has 0 radical (unpaired) electrons. The Bertz CT molecular complexity index is 729. The molecule has 3 nitrogen and oxygen atoms in total. The molecule has 0 unspecified atom stereocenters. The van der Waals surface area contributed by atoms with Gasteiger partial charge in [0.25, 0.3) is 0 Å². The Labute approximate surface area is 156 Å². The molecule has 2 rings (SSSR count). The lowest BCUT2D eigenvalue weighted by Gasteiger charge is -2.42. The van der Waals surface area contributed by atoms with Gasteiger partial charge in [-0.05, 0) is 59.8 Å². The highest BCUT2D eigenvalue weighted by Gasteiger charge is 2.38. The zero-order chi connectivity index (χ0) is 19.7. The number of carbonyl (C=O) groups is 1. The minimum Gasteiger partial charge on any atom is -0.493 e. The second kappa shape index (κ2) is 7.42. The molecule has 0 amide bonds. The summed E-state index contributed by atoms with van der Waals surface area (Å²) in [6, 6.07) is 3.99. The van der Waals surface area contributed by atoms with Crippen molar-refractivity contribution in [3.05, 3.63) is 34.6 Å². The molecule has 0 saturated heterocycles. The molecule has 0 bridgehead atoms. The van der Waals surface area contributed by atoms with Crippen LogP contribution in [0, 0.1) is 0 Å². The topological polar surface area (TPSA) is 46.5 Å². The zero-order valence-corrected chi connectivity index (χ0v) is 16.8. The zero-order valence-electron chi connectivity index (χ0n) is 16.8. The number of fused-ring (bicyclic) bond motifs is 1. The van der Waals surface area contributed by atoms with Crippen LogP contribution in [0.3, 0.4) is 0 Å². The maximum Gasteiger partial charge on any atom is 0.365 e. The van der Waals surface area contributed by atoms with Gasteiger partial charge in [0.15, 0.2) is 0 Å². The van der Waals surface area contributed by atoms with Crippen molar-refractivity contribution < 1.29 is 19.0 Å². The summed E-state index contributed by atoms with van der Waals surface area (Å²) in [5.41, 5.74) is 3.12. The lowest BCUT2D eigenvalue weighted by molar-refractivity contribution is -0.134. The van der Waals surface area contributed by atoms with Gasteiger partial charge >= 0.3 is 5.97 Å². The van der Waals surface area contributed by atoms with Crippen LogP contribution in [-0.4, -0.2) is 17.7 Å². The smallest absolute Gasteiger partial charge is 0.365 e. The second-order valence-electron chi connectivity index (χ2n) is 8.46. The number of hydrogen-bond donors (Lipinski definition) is 1. The van der Waals surface area contributed by atoms with Crippen molar-refractivity contribution in [3.63, 3.8) is 0 Å². The van der Waals surface area contributed by atoms with E-state index in [0.717, 1.165) is 24.8 Å². The minimum atomic E-state index is -1.53. The fourth-order valence-electron chi connectivity index (χ4n) is 3.75. The molecule has 0 fully saturated rings. The maximum atomic E-state index is 14.4. The first kappa shape index (κ1) is 20.5. The van der Waals surface area contributed by atoms with E-state index in [1.807, 2.05) is 19.1 Å². The van der Waals surface area contributed by atoms with Crippen LogP contribution in [0.25, 0.3) is 5.57 Å². The predicted molar refractivity (Wildman–Crippen MR) is 103 cm³/mol. The lowest BCUT2D eigenvalue weighted by Crippen LogP contribution is -2.34. The normalized spacial score (nSPS) is 18.7. The van der Waals surface area contributed by atoms with Gasteiger partial charge in [-0.1, -0.05) is 41.5 Å². The number of ether oxygens (including phenoxy) is 1. The van der Waals surface area contributed by atoms with Crippen molar-refractivity contribution in [3.8, 4) is 5.75 Å². The Kier molecular flexibility index (Phi) is 5.84. The van der Waals surface area contributed by atoms with Gasteiger partial charge in [0, 0.05) is 11.1 Å².